The minimum absolute atomic E-state index is 0.328. The molecule has 2 nitrogen and oxygen atoms in total. The molecule has 3 rings (SSSR count). The summed E-state index contributed by atoms with van der Waals surface area (Å²) in [5.74, 6) is -0.338. The van der Waals surface area contributed by atoms with Crippen LogP contribution in [0.5, 0.6) is 0 Å². The Bertz CT molecular complexity index is 320. The third-order valence-electron chi connectivity index (χ3n) is 1.62. The molecule has 11 heavy (non-hydrogen) atoms. The summed E-state index contributed by atoms with van der Waals surface area (Å²) in [5, 5.41) is 0.477. The van der Waals surface area contributed by atoms with E-state index in [1.54, 1.807) is 12.1 Å². The van der Waals surface area contributed by atoms with Crippen molar-refractivity contribution in [1.82, 2.24) is 0 Å². The average molecular weight is 169 g/mol. The number of fused-ring (bicyclic) bond motifs is 4. The summed E-state index contributed by atoms with van der Waals surface area (Å²) in [6, 6.07) is 5.28. The van der Waals surface area contributed by atoms with Crippen LogP contribution in [-0.4, -0.2) is 5.97 Å². The van der Waals surface area contributed by atoms with Gasteiger partial charge in [0.2, 0.25) is 0 Å². The quantitative estimate of drug-likeness (QED) is 0.554. The number of halogens is 1. The summed E-state index contributed by atoms with van der Waals surface area (Å²) in [6.45, 7) is 0.328. The van der Waals surface area contributed by atoms with E-state index in [1.165, 1.54) is 0 Å². The van der Waals surface area contributed by atoms with Crippen LogP contribution in [0, 0.1) is 0 Å². The van der Waals surface area contributed by atoms with Crippen molar-refractivity contribution < 1.29 is 9.53 Å². The minimum Gasteiger partial charge on any atom is -0.457 e. The van der Waals surface area contributed by atoms with E-state index in [9.17, 15) is 4.79 Å². The van der Waals surface area contributed by atoms with Gasteiger partial charge in [-0.1, -0.05) is 17.7 Å². The molecule has 0 atom stereocenters. The first-order valence-corrected chi connectivity index (χ1v) is 3.61. The molecule has 1 aromatic carbocycles. The van der Waals surface area contributed by atoms with Gasteiger partial charge in [-0.3, -0.25) is 0 Å². The fourth-order valence-electron chi connectivity index (χ4n) is 1.04. The molecule has 0 saturated carbocycles. The van der Waals surface area contributed by atoms with E-state index in [4.69, 9.17) is 16.3 Å². The lowest BCUT2D eigenvalue weighted by atomic mass is 10.2. The van der Waals surface area contributed by atoms with Crippen molar-refractivity contribution in [3.8, 4) is 0 Å². The number of carbonyl (C=O) groups is 1. The van der Waals surface area contributed by atoms with E-state index < -0.39 is 0 Å². The molecule has 2 aliphatic rings. The zero-order valence-corrected chi connectivity index (χ0v) is 6.39. The maximum Gasteiger partial charge on any atom is 0.339 e. The van der Waals surface area contributed by atoms with Crippen molar-refractivity contribution in [2.75, 3.05) is 0 Å². The van der Waals surface area contributed by atoms with Crippen molar-refractivity contribution in [1.29, 1.82) is 0 Å². The highest BCUT2D eigenvalue weighted by Crippen LogP contribution is 2.23. The highest BCUT2D eigenvalue weighted by molar-refractivity contribution is 6.33. The Morgan fingerprint density at radius 3 is 3.00 bits per heavy atom. The molecule has 0 unspecified atom stereocenters. The van der Waals surface area contributed by atoms with Crippen molar-refractivity contribution in [3.05, 3.63) is 34.3 Å². The van der Waals surface area contributed by atoms with Crippen molar-refractivity contribution in [3.63, 3.8) is 0 Å². The van der Waals surface area contributed by atoms with Gasteiger partial charge in [-0.25, -0.2) is 4.79 Å². The Balaban J connectivity index is 2.66. The maximum atomic E-state index is 11.0. The van der Waals surface area contributed by atoms with E-state index >= 15 is 0 Å². The van der Waals surface area contributed by atoms with Crippen molar-refractivity contribution in [2.24, 2.45) is 0 Å². The monoisotopic (exact) mass is 168 g/mol. The molecule has 0 aliphatic carbocycles. The smallest absolute Gasteiger partial charge is 0.339 e. The van der Waals surface area contributed by atoms with Crippen LogP contribution in [-0.2, 0) is 11.3 Å². The Kier molecular flexibility index (Phi) is 1.36. The molecule has 0 saturated heterocycles. The Labute approximate surface area is 68.7 Å². The van der Waals surface area contributed by atoms with E-state index in [-0.39, 0.29) is 5.97 Å². The molecular weight excluding hydrogens is 164 g/mol. The lowest BCUT2D eigenvalue weighted by Crippen LogP contribution is -2.00. The molecule has 0 spiro atoms. The van der Waals surface area contributed by atoms with Crippen LogP contribution < -0.4 is 0 Å². The second-order valence-corrected chi connectivity index (χ2v) is 2.80. The first-order valence-electron chi connectivity index (χ1n) is 3.23. The summed E-state index contributed by atoms with van der Waals surface area (Å²) < 4.78 is 4.85. The van der Waals surface area contributed by atoms with Gasteiger partial charge in [0.25, 0.3) is 0 Å². The van der Waals surface area contributed by atoms with Gasteiger partial charge in [0.1, 0.15) is 6.61 Å². The van der Waals surface area contributed by atoms with Gasteiger partial charge in [-0.15, -0.1) is 0 Å². The van der Waals surface area contributed by atoms with Crippen LogP contribution in [0.1, 0.15) is 15.9 Å². The summed E-state index contributed by atoms with van der Waals surface area (Å²) in [7, 11) is 0. The van der Waals surface area contributed by atoms with Crippen LogP contribution in [0.2, 0.25) is 5.02 Å². The van der Waals surface area contributed by atoms with Crippen LogP contribution in [0.15, 0.2) is 18.2 Å². The predicted octanol–water partition coefficient (Wildman–Crippen LogP) is 2.01. The molecule has 0 radical (unpaired) electrons. The van der Waals surface area contributed by atoms with Gasteiger partial charge in [0, 0.05) is 0 Å². The molecule has 0 N–H and O–H groups in total. The van der Waals surface area contributed by atoms with Gasteiger partial charge in [0.05, 0.1) is 10.6 Å². The Morgan fingerprint density at radius 1 is 1.45 bits per heavy atom. The molecule has 0 aromatic heterocycles. The minimum atomic E-state index is -0.338. The molecule has 1 aromatic rings. The number of rotatable bonds is 0. The number of carbonyl (C=O) groups excluding carboxylic acids is 1. The number of benzene rings is 1. The van der Waals surface area contributed by atoms with Gasteiger partial charge < -0.3 is 4.74 Å². The van der Waals surface area contributed by atoms with Crippen molar-refractivity contribution >= 4 is 17.6 Å². The van der Waals surface area contributed by atoms with Crippen molar-refractivity contribution in [2.45, 2.75) is 6.61 Å². The molecule has 2 aliphatic heterocycles. The second-order valence-electron chi connectivity index (χ2n) is 2.39. The first-order chi connectivity index (χ1) is 5.27. The molecule has 56 valence electrons. The number of ether oxygens (including phenoxy) is 1. The SMILES string of the molecule is O=C1OCc2ccc1c(Cl)c2. The van der Waals surface area contributed by atoms with Gasteiger partial charge in [-0.05, 0) is 17.7 Å². The Hall–Kier alpha value is -1.02. The van der Waals surface area contributed by atoms with E-state index in [0.717, 1.165) is 5.56 Å². The maximum absolute atomic E-state index is 11.0. The zero-order chi connectivity index (χ0) is 7.84. The normalized spacial score (nSPS) is 14.5. The lowest BCUT2D eigenvalue weighted by molar-refractivity contribution is 0.0482. The summed E-state index contributed by atoms with van der Waals surface area (Å²) in [6.07, 6.45) is 0. The molecule has 3 heteroatoms. The Morgan fingerprint density at radius 2 is 2.27 bits per heavy atom. The van der Waals surface area contributed by atoms with E-state index in [0.29, 0.717) is 17.2 Å². The summed E-state index contributed by atoms with van der Waals surface area (Å²) in [5.41, 5.74) is 1.39. The van der Waals surface area contributed by atoms with Crippen LogP contribution in [0.3, 0.4) is 0 Å². The van der Waals surface area contributed by atoms with Gasteiger partial charge in [-0.2, -0.15) is 0 Å². The highest BCUT2D eigenvalue weighted by atomic mass is 35.5. The fourth-order valence-corrected chi connectivity index (χ4v) is 1.32. The van der Waals surface area contributed by atoms with Crippen LogP contribution in [0.25, 0.3) is 0 Å². The van der Waals surface area contributed by atoms with Crippen LogP contribution in [0.4, 0.5) is 0 Å². The van der Waals surface area contributed by atoms with Gasteiger partial charge >= 0.3 is 5.97 Å². The molecule has 2 bridgehead atoms. The molecule has 2 heterocycles. The standard InChI is InChI=1S/C8H5ClO2/c9-7-3-5-1-2-6(7)8(10)11-4-5/h1-3H,4H2. The lowest BCUT2D eigenvalue weighted by Gasteiger charge is -1.95. The molecule has 0 amide bonds. The third-order valence-corrected chi connectivity index (χ3v) is 1.94. The summed E-state index contributed by atoms with van der Waals surface area (Å²) >= 11 is 5.76. The number of esters is 1. The summed E-state index contributed by atoms with van der Waals surface area (Å²) in [4.78, 5) is 11.0. The zero-order valence-electron chi connectivity index (χ0n) is 5.63. The fraction of sp³-hybridized carbons (Fsp3) is 0.125. The van der Waals surface area contributed by atoms with E-state index in [2.05, 4.69) is 0 Å². The van der Waals surface area contributed by atoms with E-state index in [1.807, 2.05) is 6.07 Å². The predicted molar refractivity (Wildman–Crippen MR) is 40.6 cm³/mol. The number of hydrogen-bond acceptors (Lipinski definition) is 2. The molecule has 0 fully saturated rings. The topological polar surface area (TPSA) is 26.3 Å². The van der Waals surface area contributed by atoms with Crippen LogP contribution >= 0.6 is 11.6 Å². The highest BCUT2D eigenvalue weighted by Gasteiger charge is 2.16. The molecular formula is C8H5ClO2. The second kappa shape index (κ2) is 2.24. The largest absolute Gasteiger partial charge is 0.457 e. The first kappa shape index (κ1) is 6.68. The third kappa shape index (κ3) is 0.994. The van der Waals surface area contributed by atoms with Gasteiger partial charge in [0.15, 0.2) is 0 Å². The number of hydrogen-bond donors (Lipinski definition) is 0. The average Bonchev–Trinajstić information content (AvgIpc) is 2.21.